The highest BCUT2D eigenvalue weighted by Gasteiger charge is 2.43. The Morgan fingerprint density at radius 3 is 2.56 bits per heavy atom. The van der Waals surface area contributed by atoms with Crippen LogP contribution in [0, 0.1) is 0 Å². The second-order valence-corrected chi connectivity index (χ2v) is 8.22. The van der Waals surface area contributed by atoms with Crippen LogP contribution >= 0.6 is 11.3 Å². The summed E-state index contributed by atoms with van der Waals surface area (Å²) in [5, 5.41) is 19.1. The summed E-state index contributed by atoms with van der Waals surface area (Å²) >= 11 is 1.56. The molecule has 4 aromatic rings. The van der Waals surface area contributed by atoms with Crippen molar-refractivity contribution in [3.63, 3.8) is 0 Å². The lowest BCUT2D eigenvalue weighted by atomic mass is 9.98. The lowest BCUT2D eigenvalue weighted by molar-refractivity contribution is 0.0526. The summed E-state index contributed by atoms with van der Waals surface area (Å²) in [7, 11) is 0. The van der Waals surface area contributed by atoms with E-state index in [1.165, 1.54) is 0 Å². The number of H-pyrrole nitrogens is 1. The van der Waals surface area contributed by atoms with Gasteiger partial charge in [-0.3, -0.25) is 14.8 Å². The molecule has 1 atom stereocenters. The van der Waals surface area contributed by atoms with Gasteiger partial charge in [0.15, 0.2) is 5.69 Å². The Morgan fingerprint density at radius 1 is 1.16 bits per heavy atom. The maximum atomic E-state index is 13.5. The molecule has 1 aliphatic heterocycles. The number of nitrogens with one attached hydrogen (secondary N) is 1. The number of phenolic OH excluding ortho intramolecular Hbond substituents is 1. The number of benzene rings is 2. The molecule has 0 radical (unpaired) electrons. The minimum absolute atomic E-state index is 0.148. The van der Waals surface area contributed by atoms with E-state index in [0.717, 1.165) is 21.7 Å². The summed E-state index contributed by atoms with van der Waals surface area (Å²) in [6.07, 6.45) is 0. The molecule has 32 heavy (non-hydrogen) atoms. The highest BCUT2D eigenvalue weighted by molar-refractivity contribution is 7.13. The van der Waals surface area contributed by atoms with E-state index < -0.39 is 12.0 Å². The summed E-state index contributed by atoms with van der Waals surface area (Å²) in [6, 6.07) is 17.1. The van der Waals surface area contributed by atoms with E-state index >= 15 is 0 Å². The molecule has 1 aliphatic rings. The van der Waals surface area contributed by atoms with Crippen LogP contribution in [0.2, 0.25) is 0 Å². The van der Waals surface area contributed by atoms with Gasteiger partial charge >= 0.3 is 5.97 Å². The van der Waals surface area contributed by atoms with Crippen LogP contribution in [0.25, 0.3) is 10.6 Å². The first-order valence-electron chi connectivity index (χ1n) is 10.1. The molecular weight excluding hydrogens is 426 g/mol. The zero-order chi connectivity index (χ0) is 22.2. The van der Waals surface area contributed by atoms with Gasteiger partial charge in [0, 0.05) is 11.3 Å². The van der Waals surface area contributed by atoms with E-state index in [4.69, 9.17) is 4.74 Å². The van der Waals surface area contributed by atoms with Crippen LogP contribution in [0.3, 0.4) is 0 Å². The van der Waals surface area contributed by atoms with E-state index in [0.29, 0.717) is 23.6 Å². The third-order valence-electron chi connectivity index (χ3n) is 5.39. The van der Waals surface area contributed by atoms with Crippen molar-refractivity contribution in [1.29, 1.82) is 0 Å². The van der Waals surface area contributed by atoms with Crippen molar-refractivity contribution >= 4 is 28.9 Å². The number of fused-ring (bicyclic) bond motifs is 1. The zero-order valence-corrected chi connectivity index (χ0v) is 17.9. The molecule has 0 bridgehead atoms. The monoisotopic (exact) mass is 445 g/mol. The highest BCUT2D eigenvalue weighted by Crippen LogP contribution is 2.45. The molecule has 7 nitrogen and oxygen atoms in total. The van der Waals surface area contributed by atoms with E-state index in [1.807, 2.05) is 17.5 Å². The fourth-order valence-electron chi connectivity index (χ4n) is 3.96. The van der Waals surface area contributed by atoms with Gasteiger partial charge < -0.3 is 9.84 Å². The van der Waals surface area contributed by atoms with Crippen molar-refractivity contribution in [2.75, 3.05) is 11.5 Å². The predicted octanol–water partition coefficient (Wildman–Crippen LogP) is 4.77. The molecule has 0 saturated carbocycles. The third kappa shape index (κ3) is 3.25. The quantitative estimate of drug-likeness (QED) is 0.432. The van der Waals surface area contributed by atoms with Crippen LogP contribution in [0.4, 0.5) is 5.69 Å². The van der Waals surface area contributed by atoms with Gasteiger partial charge in [-0.2, -0.15) is 5.10 Å². The fraction of sp³-hybridized carbons (Fsp3) is 0.125. The van der Waals surface area contributed by atoms with Crippen molar-refractivity contribution in [2.45, 2.75) is 13.0 Å². The van der Waals surface area contributed by atoms with E-state index in [-0.39, 0.29) is 11.7 Å². The number of hydrogen-bond donors (Lipinski definition) is 2. The normalized spacial score (nSPS) is 15.1. The average molecular weight is 446 g/mol. The number of amides is 1. The predicted molar refractivity (Wildman–Crippen MR) is 121 cm³/mol. The smallest absolute Gasteiger partial charge is 0.338 e. The number of phenols is 1. The highest BCUT2D eigenvalue weighted by atomic mass is 32.1. The molecular formula is C24H19N3O4S. The minimum Gasteiger partial charge on any atom is -0.508 e. The van der Waals surface area contributed by atoms with E-state index in [9.17, 15) is 14.7 Å². The Labute approximate surface area is 187 Å². The first-order valence-corrected chi connectivity index (χ1v) is 11.0. The Kier molecular flexibility index (Phi) is 4.99. The van der Waals surface area contributed by atoms with Gasteiger partial charge in [-0.15, -0.1) is 11.3 Å². The number of aromatic nitrogens is 2. The molecule has 2 N–H and O–H groups in total. The number of anilines is 1. The Morgan fingerprint density at radius 2 is 1.91 bits per heavy atom. The number of thiophene rings is 1. The molecule has 5 rings (SSSR count). The maximum Gasteiger partial charge on any atom is 0.338 e. The van der Waals surface area contributed by atoms with E-state index in [1.54, 1.807) is 71.7 Å². The Bertz CT molecular complexity index is 1280. The van der Waals surface area contributed by atoms with Gasteiger partial charge in [0.05, 0.1) is 28.8 Å². The number of nitrogens with zero attached hydrogens (tertiary/aromatic N) is 2. The van der Waals surface area contributed by atoms with Crippen molar-refractivity contribution < 1.29 is 19.4 Å². The number of aromatic hydroxyl groups is 1. The number of carbonyl (C=O) groups excluding carboxylic acids is 2. The number of aromatic amines is 1. The first kappa shape index (κ1) is 20.0. The summed E-state index contributed by atoms with van der Waals surface area (Å²) < 4.78 is 5.06. The maximum absolute atomic E-state index is 13.5. The SMILES string of the molecule is CCOC(=O)c1ccc(N2C(=O)c3n[nH]c(-c4cccs4)c3[C@H]2c2ccc(O)cc2)cc1. The largest absolute Gasteiger partial charge is 0.508 e. The van der Waals surface area contributed by atoms with Crippen LogP contribution in [0.5, 0.6) is 5.75 Å². The molecule has 8 heteroatoms. The molecule has 0 fully saturated rings. The van der Waals surface area contributed by atoms with Crippen LogP contribution in [0.15, 0.2) is 66.0 Å². The second-order valence-electron chi connectivity index (χ2n) is 7.27. The van der Waals surface area contributed by atoms with Gasteiger partial charge in [0.25, 0.3) is 5.91 Å². The number of ether oxygens (including phenoxy) is 1. The van der Waals surface area contributed by atoms with Gasteiger partial charge in [-0.05, 0) is 60.3 Å². The van der Waals surface area contributed by atoms with E-state index in [2.05, 4.69) is 10.2 Å². The molecule has 3 heterocycles. The standard InChI is InChI=1S/C24H19N3O4S/c1-2-31-24(30)15-5-9-16(10-6-15)27-22(14-7-11-17(28)12-8-14)19-20(18-4-3-13-32-18)25-26-21(19)23(27)29/h3-13,22,28H,2H2,1H3,(H,25,26)/t22-/m1/s1. The lowest BCUT2D eigenvalue weighted by Gasteiger charge is -2.26. The van der Waals surface area contributed by atoms with Gasteiger partial charge in [-0.25, -0.2) is 4.79 Å². The summed E-state index contributed by atoms with van der Waals surface area (Å²) in [6.45, 7) is 2.05. The van der Waals surface area contributed by atoms with Crippen molar-refractivity contribution in [1.82, 2.24) is 10.2 Å². The third-order valence-corrected chi connectivity index (χ3v) is 6.28. The van der Waals surface area contributed by atoms with Gasteiger partial charge in [0.1, 0.15) is 5.75 Å². The number of esters is 1. The summed E-state index contributed by atoms with van der Waals surface area (Å²) in [5.41, 5.74) is 3.84. The first-order chi connectivity index (χ1) is 15.6. The molecule has 160 valence electrons. The fourth-order valence-corrected chi connectivity index (χ4v) is 4.69. The van der Waals surface area contributed by atoms with Crippen molar-refractivity contribution in [2.24, 2.45) is 0 Å². The number of rotatable bonds is 5. The van der Waals surface area contributed by atoms with Gasteiger partial charge in [0.2, 0.25) is 0 Å². The molecule has 1 amide bonds. The average Bonchev–Trinajstić information content (AvgIpc) is 3.53. The molecule has 0 spiro atoms. The van der Waals surface area contributed by atoms with Gasteiger partial charge in [-0.1, -0.05) is 18.2 Å². The van der Waals surface area contributed by atoms with Crippen LogP contribution in [-0.2, 0) is 4.74 Å². The van der Waals surface area contributed by atoms with Crippen molar-refractivity contribution in [3.8, 4) is 16.3 Å². The van der Waals surface area contributed by atoms with Crippen LogP contribution in [-0.4, -0.2) is 33.8 Å². The number of carbonyl (C=O) groups is 2. The molecule has 0 aliphatic carbocycles. The van der Waals surface area contributed by atoms with Crippen LogP contribution in [0.1, 0.15) is 44.9 Å². The molecule has 2 aromatic carbocycles. The molecule has 2 aromatic heterocycles. The number of hydrogen-bond acceptors (Lipinski definition) is 6. The molecule has 0 saturated heterocycles. The zero-order valence-electron chi connectivity index (χ0n) is 17.1. The van der Waals surface area contributed by atoms with Crippen LogP contribution < -0.4 is 4.90 Å². The summed E-state index contributed by atoms with van der Waals surface area (Å²) in [5.74, 6) is -0.495. The second kappa shape index (κ2) is 7.97. The Balaban J connectivity index is 1.62. The summed E-state index contributed by atoms with van der Waals surface area (Å²) in [4.78, 5) is 28.1. The topological polar surface area (TPSA) is 95.5 Å². The van der Waals surface area contributed by atoms with Crippen molar-refractivity contribution in [3.05, 3.63) is 88.4 Å². The molecule has 0 unspecified atom stereocenters. The Hall–Kier alpha value is -3.91. The minimum atomic E-state index is -0.442. The lowest BCUT2D eigenvalue weighted by Crippen LogP contribution is -2.29.